The van der Waals surface area contributed by atoms with Gasteiger partial charge in [0.1, 0.15) is 30.0 Å². The third-order valence-corrected chi connectivity index (χ3v) is 1.75. The van der Waals surface area contributed by atoms with Crippen LogP contribution in [0.5, 0.6) is 0 Å². The molecule has 1 heterocycles. The van der Waals surface area contributed by atoms with E-state index < -0.39 is 23.7 Å². The number of carbonyl (C=O) groups is 1. The van der Waals surface area contributed by atoms with Gasteiger partial charge in [-0.25, -0.2) is 18.7 Å². The van der Waals surface area contributed by atoms with Gasteiger partial charge in [-0.05, 0) is 20.8 Å². The molecule has 1 rings (SSSR count). The number of ether oxygens (including phenoxy) is 1. The van der Waals surface area contributed by atoms with Crippen LogP contribution in [0, 0.1) is 0 Å². The maximum absolute atomic E-state index is 12.4. The van der Waals surface area contributed by atoms with E-state index in [0.717, 1.165) is 12.4 Å². The Morgan fingerprint density at radius 2 is 2.11 bits per heavy atom. The van der Waals surface area contributed by atoms with Gasteiger partial charge in [-0.1, -0.05) is 0 Å². The van der Waals surface area contributed by atoms with Gasteiger partial charge in [0.2, 0.25) is 0 Å². The van der Waals surface area contributed by atoms with Crippen LogP contribution in [0.3, 0.4) is 0 Å². The first-order valence-corrected chi connectivity index (χ1v) is 5.34. The minimum atomic E-state index is -2.67. The van der Waals surface area contributed by atoms with Crippen molar-refractivity contribution in [3.05, 3.63) is 18.1 Å². The van der Waals surface area contributed by atoms with Gasteiger partial charge in [0.05, 0.1) is 0 Å². The van der Waals surface area contributed by atoms with Crippen LogP contribution in [0.15, 0.2) is 12.4 Å². The Morgan fingerprint density at radius 3 is 2.67 bits per heavy atom. The van der Waals surface area contributed by atoms with E-state index in [0.29, 0.717) is 0 Å². The monoisotopic (exact) mass is 259 g/mol. The number of aromatic nitrogens is 2. The molecule has 100 valence electrons. The molecule has 0 atom stereocenters. The highest BCUT2D eigenvalue weighted by atomic mass is 19.3. The van der Waals surface area contributed by atoms with Crippen LogP contribution < -0.4 is 5.32 Å². The molecule has 5 nitrogen and oxygen atoms in total. The van der Waals surface area contributed by atoms with E-state index in [4.69, 9.17) is 4.74 Å². The standard InChI is InChI=1S/C11H15F2N3O2/c1-11(2,3)18-9(17)5-14-8-4-7(10(12)13)15-6-16-8/h4,6,10H,5H2,1-3H3,(H,14,15,16). The van der Waals surface area contributed by atoms with Crippen LogP contribution in [0.1, 0.15) is 32.9 Å². The van der Waals surface area contributed by atoms with Gasteiger partial charge in [0.25, 0.3) is 6.43 Å². The van der Waals surface area contributed by atoms with Crippen molar-refractivity contribution < 1.29 is 18.3 Å². The summed E-state index contributed by atoms with van der Waals surface area (Å²) < 4.78 is 29.8. The molecule has 1 N–H and O–H groups in total. The highest BCUT2D eigenvalue weighted by Crippen LogP contribution is 2.17. The van der Waals surface area contributed by atoms with Gasteiger partial charge in [0.15, 0.2) is 0 Å². The van der Waals surface area contributed by atoms with Gasteiger partial charge in [-0.3, -0.25) is 4.79 Å². The number of halogens is 2. The third kappa shape index (κ3) is 5.03. The van der Waals surface area contributed by atoms with Crippen molar-refractivity contribution in [3.8, 4) is 0 Å². The van der Waals surface area contributed by atoms with Gasteiger partial charge >= 0.3 is 5.97 Å². The Hall–Kier alpha value is -1.79. The van der Waals surface area contributed by atoms with Gasteiger partial charge in [-0.2, -0.15) is 0 Å². The van der Waals surface area contributed by atoms with Gasteiger partial charge in [0, 0.05) is 6.07 Å². The zero-order valence-corrected chi connectivity index (χ0v) is 10.4. The number of nitrogens with one attached hydrogen (secondary N) is 1. The Morgan fingerprint density at radius 1 is 1.44 bits per heavy atom. The fraction of sp³-hybridized carbons (Fsp3) is 0.545. The first kappa shape index (κ1) is 14.3. The molecule has 1 aromatic heterocycles. The second-order valence-electron chi connectivity index (χ2n) is 4.57. The second-order valence-corrected chi connectivity index (χ2v) is 4.57. The number of hydrogen-bond donors (Lipinski definition) is 1. The molecule has 0 saturated heterocycles. The summed E-state index contributed by atoms with van der Waals surface area (Å²) in [5.41, 5.74) is -0.977. The fourth-order valence-electron chi connectivity index (χ4n) is 1.13. The topological polar surface area (TPSA) is 64.1 Å². The summed E-state index contributed by atoms with van der Waals surface area (Å²) in [6.45, 7) is 5.08. The smallest absolute Gasteiger partial charge is 0.325 e. The molecule has 18 heavy (non-hydrogen) atoms. The quantitative estimate of drug-likeness (QED) is 0.839. The normalized spacial score (nSPS) is 11.4. The molecule has 0 bridgehead atoms. The molecule has 0 fully saturated rings. The molecular weight excluding hydrogens is 244 g/mol. The SMILES string of the molecule is CC(C)(C)OC(=O)CNc1cc(C(F)F)ncn1. The Bertz CT molecular complexity index is 419. The van der Waals surface area contributed by atoms with Gasteiger partial charge in [-0.15, -0.1) is 0 Å². The van der Waals surface area contributed by atoms with Crippen molar-refractivity contribution in [1.29, 1.82) is 0 Å². The fourth-order valence-corrected chi connectivity index (χ4v) is 1.13. The maximum atomic E-state index is 12.4. The highest BCUT2D eigenvalue weighted by Gasteiger charge is 2.16. The minimum absolute atomic E-state index is 0.142. The number of esters is 1. The Balaban J connectivity index is 2.53. The minimum Gasteiger partial charge on any atom is -0.459 e. The molecule has 0 aliphatic rings. The zero-order chi connectivity index (χ0) is 13.8. The first-order chi connectivity index (χ1) is 8.28. The second kappa shape index (κ2) is 5.70. The maximum Gasteiger partial charge on any atom is 0.325 e. The summed E-state index contributed by atoms with van der Waals surface area (Å²) in [5, 5.41) is 2.60. The van der Waals surface area contributed by atoms with Crippen LogP contribution in [0.4, 0.5) is 14.6 Å². The summed E-state index contributed by atoms with van der Waals surface area (Å²) in [6, 6.07) is 1.09. The molecule has 0 aromatic carbocycles. The largest absolute Gasteiger partial charge is 0.459 e. The van der Waals surface area contributed by atoms with E-state index in [1.807, 2.05) is 0 Å². The lowest BCUT2D eigenvalue weighted by atomic mass is 10.2. The molecular formula is C11H15F2N3O2. The van der Waals surface area contributed by atoms with E-state index in [1.165, 1.54) is 0 Å². The molecule has 0 aliphatic carbocycles. The van der Waals surface area contributed by atoms with Crippen molar-refractivity contribution in [3.63, 3.8) is 0 Å². The highest BCUT2D eigenvalue weighted by molar-refractivity contribution is 5.74. The van der Waals surface area contributed by atoms with E-state index in [2.05, 4.69) is 15.3 Å². The van der Waals surface area contributed by atoms with Crippen LogP contribution >= 0.6 is 0 Å². The van der Waals surface area contributed by atoms with Gasteiger partial charge < -0.3 is 10.1 Å². The first-order valence-electron chi connectivity index (χ1n) is 5.34. The van der Waals surface area contributed by atoms with Crippen LogP contribution in [-0.2, 0) is 9.53 Å². The van der Waals surface area contributed by atoms with Crippen LogP contribution in [-0.4, -0.2) is 28.1 Å². The van der Waals surface area contributed by atoms with Crippen molar-refractivity contribution in [2.24, 2.45) is 0 Å². The van der Waals surface area contributed by atoms with E-state index in [9.17, 15) is 13.6 Å². The van der Waals surface area contributed by atoms with E-state index in [1.54, 1.807) is 20.8 Å². The molecule has 0 unspecified atom stereocenters. The average molecular weight is 259 g/mol. The summed E-state index contributed by atoms with van der Waals surface area (Å²) >= 11 is 0. The van der Waals surface area contributed by atoms with E-state index >= 15 is 0 Å². The summed E-state index contributed by atoms with van der Waals surface area (Å²) in [4.78, 5) is 18.5. The molecule has 1 aromatic rings. The van der Waals surface area contributed by atoms with Crippen molar-refractivity contribution in [2.75, 3.05) is 11.9 Å². The molecule has 7 heteroatoms. The van der Waals surface area contributed by atoms with Crippen LogP contribution in [0.2, 0.25) is 0 Å². The third-order valence-electron chi connectivity index (χ3n) is 1.75. The molecule has 0 saturated carbocycles. The number of anilines is 1. The number of hydrogen-bond acceptors (Lipinski definition) is 5. The molecule has 0 radical (unpaired) electrons. The number of carbonyl (C=O) groups excluding carboxylic acids is 1. The predicted octanol–water partition coefficient (Wildman–Crippen LogP) is 2.17. The molecule has 0 aliphatic heterocycles. The van der Waals surface area contributed by atoms with Crippen LogP contribution in [0.25, 0.3) is 0 Å². The average Bonchev–Trinajstić information content (AvgIpc) is 2.24. The Kier molecular flexibility index (Phi) is 4.52. The number of alkyl halides is 2. The zero-order valence-electron chi connectivity index (χ0n) is 10.4. The summed E-state index contributed by atoms with van der Waals surface area (Å²) in [5.74, 6) is -0.328. The van der Waals surface area contributed by atoms with Crippen molar-refractivity contribution in [1.82, 2.24) is 9.97 Å². The lowest BCUT2D eigenvalue weighted by Crippen LogP contribution is -2.28. The number of nitrogens with zero attached hydrogens (tertiary/aromatic N) is 2. The van der Waals surface area contributed by atoms with Crippen molar-refractivity contribution in [2.45, 2.75) is 32.8 Å². The predicted molar refractivity (Wildman–Crippen MR) is 61.3 cm³/mol. The lowest BCUT2D eigenvalue weighted by molar-refractivity contribution is -0.152. The lowest BCUT2D eigenvalue weighted by Gasteiger charge is -2.19. The summed E-state index contributed by atoms with van der Waals surface area (Å²) in [6.07, 6.45) is -1.66. The van der Waals surface area contributed by atoms with E-state index in [-0.39, 0.29) is 12.4 Å². The molecule has 0 amide bonds. The number of rotatable bonds is 4. The molecule has 0 spiro atoms. The van der Waals surface area contributed by atoms with Crippen molar-refractivity contribution >= 4 is 11.8 Å². The Labute approximate surface area is 104 Å². The summed E-state index contributed by atoms with van der Waals surface area (Å²) in [7, 11) is 0.